The van der Waals surface area contributed by atoms with E-state index in [0.717, 1.165) is 16.9 Å². The number of hydrogen-bond donors (Lipinski definition) is 1. The highest BCUT2D eigenvalue weighted by molar-refractivity contribution is 5.68. The van der Waals surface area contributed by atoms with Crippen LogP contribution < -0.4 is 18.9 Å². The van der Waals surface area contributed by atoms with Crippen LogP contribution in [0.3, 0.4) is 0 Å². The van der Waals surface area contributed by atoms with Gasteiger partial charge < -0.3 is 24.1 Å². The topological polar surface area (TPSA) is 74.2 Å². The minimum Gasteiger partial charge on any atom is -0.496 e. The fourth-order valence-electron chi connectivity index (χ4n) is 2.63. The molecule has 0 aliphatic carbocycles. The van der Waals surface area contributed by atoms with Gasteiger partial charge in [-0.25, -0.2) is 4.79 Å². The summed E-state index contributed by atoms with van der Waals surface area (Å²) in [5.41, 5.74) is 2.04. The van der Waals surface area contributed by atoms with Crippen molar-refractivity contribution in [1.82, 2.24) is 0 Å². The van der Waals surface area contributed by atoms with Gasteiger partial charge in [0.05, 0.1) is 7.11 Å². The van der Waals surface area contributed by atoms with Crippen molar-refractivity contribution in [3.63, 3.8) is 0 Å². The Morgan fingerprint density at radius 3 is 2.50 bits per heavy atom. The average molecular weight is 330 g/mol. The van der Waals surface area contributed by atoms with Crippen molar-refractivity contribution in [1.29, 1.82) is 0 Å². The molecule has 1 aliphatic rings. The van der Waals surface area contributed by atoms with E-state index in [1.807, 2.05) is 24.3 Å². The molecule has 0 unspecified atom stereocenters. The number of carboxylic acids is 1. The normalized spacial score (nSPS) is 13.4. The SMILES string of the molecule is COc1cc2c(cc1[C@H](C)c1ccc(OCC(=O)O)cc1)OCO2. The molecule has 3 rings (SSSR count). The Labute approximate surface area is 139 Å². The lowest BCUT2D eigenvalue weighted by Crippen LogP contribution is -2.09. The van der Waals surface area contributed by atoms with E-state index >= 15 is 0 Å². The fraction of sp³-hybridized carbons (Fsp3) is 0.278. The molecule has 2 aromatic carbocycles. The third-order valence-electron chi connectivity index (χ3n) is 3.93. The first-order valence-corrected chi connectivity index (χ1v) is 7.50. The monoisotopic (exact) mass is 330 g/mol. The Morgan fingerprint density at radius 2 is 1.88 bits per heavy atom. The molecule has 0 radical (unpaired) electrons. The highest BCUT2D eigenvalue weighted by Gasteiger charge is 2.21. The molecular formula is C18H18O6. The number of rotatable bonds is 6. The van der Waals surface area contributed by atoms with Gasteiger partial charge >= 0.3 is 5.97 Å². The Balaban J connectivity index is 1.83. The summed E-state index contributed by atoms with van der Waals surface area (Å²) in [7, 11) is 1.62. The zero-order chi connectivity index (χ0) is 17.1. The Hall–Kier alpha value is -2.89. The molecule has 1 atom stereocenters. The van der Waals surface area contributed by atoms with Crippen LogP contribution in [0, 0.1) is 0 Å². The van der Waals surface area contributed by atoms with Gasteiger partial charge in [0.2, 0.25) is 6.79 Å². The summed E-state index contributed by atoms with van der Waals surface area (Å²) < 4.78 is 21.5. The lowest BCUT2D eigenvalue weighted by Gasteiger charge is -2.17. The second-order valence-electron chi connectivity index (χ2n) is 5.42. The van der Waals surface area contributed by atoms with Crippen molar-refractivity contribution in [3.8, 4) is 23.0 Å². The molecule has 24 heavy (non-hydrogen) atoms. The fourth-order valence-corrected chi connectivity index (χ4v) is 2.63. The molecule has 1 aliphatic heterocycles. The van der Waals surface area contributed by atoms with E-state index in [9.17, 15) is 4.79 Å². The molecule has 6 heteroatoms. The molecule has 0 amide bonds. The van der Waals surface area contributed by atoms with Gasteiger partial charge in [-0.15, -0.1) is 0 Å². The van der Waals surface area contributed by atoms with Gasteiger partial charge in [0.1, 0.15) is 11.5 Å². The smallest absolute Gasteiger partial charge is 0.341 e. The highest BCUT2D eigenvalue weighted by atomic mass is 16.7. The average Bonchev–Trinajstić information content (AvgIpc) is 3.06. The molecule has 0 bridgehead atoms. The molecule has 0 spiro atoms. The van der Waals surface area contributed by atoms with Gasteiger partial charge in [0.15, 0.2) is 18.1 Å². The van der Waals surface area contributed by atoms with E-state index in [0.29, 0.717) is 17.2 Å². The zero-order valence-electron chi connectivity index (χ0n) is 13.4. The summed E-state index contributed by atoms with van der Waals surface area (Å²) in [5.74, 6) is 1.70. The first-order valence-electron chi connectivity index (χ1n) is 7.50. The lowest BCUT2D eigenvalue weighted by molar-refractivity contribution is -0.139. The van der Waals surface area contributed by atoms with Gasteiger partial charge in [0.25, 0.3) is 0 Å². The van der Waals surface area contributed by atoms with Crippen molar-refractivity contribution in [2.45, 2.75) is 12.8 Å². The van der Waals surface area contributed by atoms with E-state index in [4.69, 9.17) is 24.1 Å². The minimum absolute atomic E-state index is 0.0583. The second kappa shape index (κ2) is 6.70. The Bertz CT molecular complexity index is 738. The summed E-state index contributed by atoms with van der Waals surface area (Å²) in [4.78, 5) is 10.5. The number of carbonyl (C=O) groups is 1. The number of aliphatic carboxylic acids is 1. The van der Waals surface area contributed by atoms with Crippen LogP contribution >= 0.6 is 0 Å². The maximum absolute atomic E-state index is 10.5. The molecular weight excluding hydrogens is 312 g/mol. The van der Waals surface area contributed by atoms with E-state index < -0.39 is 5.97 Å². The van der Waals surface area contributed by atoms with Crippen molar-refractivity contribution < 1.29 is 28.8 Å². The van der Waals surface area contributed by atoms with Gasteiger partial charge in [0, 0.05) is 17.5 Å². The number of methoxy groups -OCH3 is 1. The predicted octanol–water partition coefficient (Wildman–Crippen LogP) is 3.04. The number of ether oxygens (including phenoxy) is 4. The number of carboxylic acid groups (broad SMARTS) is 1. The molecule has 1 N–H and O–H groups in total. The van der Waals surface area contributed by atoms with Crippen molar-refractivity contribution in [2.75, 3.05) is 20.5 Å². The van der Waals surface area contributed by atoms with Crippen molar-refractivity contribution >= 4 is 5.97 Å². The number of benzene rings is 2. The maximum Gasteiger partial charge on any atom is 0.341 e. The molecule has 126 valence electrons. The van der Waals surface area contributed by atoms with Crippen LogP contribution in [-0.4, -0.2) is 31.6 Å². The molecule has 2 aromatic rings. The Morgan fingerprint density at radius 1 is 1.21 bits per heavy atom. The third-order valence-corrected chi connectivity index (χ3v) is 3.93. The number of hydrogen-bond acceptors (Lipinski definition) is 5. The summed E-state index contributed by atoms with van der Waals surface area (Å²) in [6, 6.07) is 11.1. The van der Waals surface area contributed by atoms with Gasteiger partial charge in [-0.2, -0.15) is 0 Å². The Kier molecular flexibility index (Phi) is 4.46. The van der Waals surface area contributed by atoms with Crippen LogP contribution in [-0.2, 0) is 4.79 Å². The van der Waals surface area contributed by atoms with E-state index in [2.05, 4.69) is 6.92 Å². The molecule has 0 saturated carbocycles. The summed E-state index contributed by atoms with van der Waals surface area (Å²) in [6.07, 6.45) is 0. The van der Waals surface area contributed by atoms with Crippen molar-refractivity contribution in [3.05, 3.63) is 47.5 Å². The quantitative estimate of drug-likeness (QED) is 0.877. The van der Waals surface area contributed by atoms with E-state index in [1.165, 1.54) is 0 Å². The minimum atomic E-state index is -1.00. The molecule has 0 fully saturated rings. The second-order valence-corrected chi connectivity index (χ2v) is 5.42. The third kappa shape index (κ3) is 3.22. The predicted molar refractivity (Wildman–Crippen MR) is 86.2 cm³/mol. The van der Waals surface area contributed by atoms with Crippen LogP contribution in [0.5, 0.6) is 23.0 Å². The first kappa shape index (κ1) is 16.0. The van der Waals surface area contributed by atoms with Gasteiger partial charge in [-0.1, -0.05) is 19.1 Å². The van der Waals surface area contributed by atoms with Crippen molar-refractivity contribution in [2.24, 2.45) is 0 Å². The largest absolute Gasteiger partial charge is 0.496 e. The first-order chi connectivity index (χ1) is 11.6. The van der Waals surface area contributed by atoms with Crippen LogP contribution in [0.2, 0.25) is 0 Å². The van der Waals surface area contributed by atoms with E-state index in [1.54, 1.807) is 19.2 Å². The molecule has 1 heterocycles. The number of fused-ring (bicyclic) bond motifs is 1. The van der Waals surface area contributed by atoms with Crippen LogP contribution in [0.1, 0.15) is 24.0 Å². The zero-order valence-corrected chi connectivity index (χ0v) is 13.4. The van der Waals surface area contributed by atoms with Crippen LogP contribution in [0.25, 0.3) is 0 Å². The molecule has 0 aromatic heterocycles. The van der Waals surface area contributed by atoms with Crippen LogP contribution in [0.15, 0.2) is 36.4 Å². The summed E-state index contributed by atoms with van der Waals surface area (Å²) >= 11 is 0. The maximum atomic E-state index is 10.5. The summed E-state index contributed by atoms with van der Waals surface area (Å²) in [6.45, 7) is 1.92. The van der Waals surface area contributed by atoms with Gasteiger partial charge in [-0.05, 0) is 23.8 Å². The standard InChI is InChI=1S/C18H18O6/c1-11(12-3-5-13(6-4-12)22-9-18(19)20)14-7-16-17(24-10-23-16)8-15(14)21-2/h3-8,11H,9-10H2,1-2H3,(H,19,20)/t11-/m1/s1. The highest BCUT2D eigenvalue weighted by Crippen LogP contribution is 2.42. The molecule has 0 saturated heterocycles. The van der Waals surface area contributed by atoms with Gasteiger partial charge in [-0.3, -0.25) is 0 Å². The summed E-state index contributed by atoms with van der Waals surface area (Å²) in [5, 5.41) is 8.64. The van der Waals surface area contributed by atoms with E-state index in [-0.39, 0.29) is 19.3 Å². The lowest BCUT2D eigenvalue weighted by atomic mass is 9.92. The molecule has 6 nitrogen and oxygen atoms in total. The van der Waals surface area contributed by atoms with Crippen LogP contribution in [0.4, 0.5) is 0 Å².